The summed E-state index contributed by atoms with van der Waals surface area (Å²) in [6.07, 6.45) is -0.757. The topological polar surface area (TPSA) is 35.5 Å². The Labute approximate surface area is 139 Å². The lowest BCUT2D eigenvalue weighted by atomic mass is 10.2. The van der Waals surface area contributed by atoms with E-state index in [4.69, 9.17) is 9.47 Å². The highest BCUT2D eigenvalue weighted by Crippen LogP contribution is 2.25. The van der Waals surface area contributed by atoms with Crippen LogP contribution in [0.4, 0.5) is 0 Å². The Morgan fingerprint density at radius 1 is 0.957 bits per heavy atom. The van der Waals surface area contributed by atoms with Gasteiger partial charge in [0.05, 0.1) is 0 Å². The average Bonchev–Trinajstić information content (AvgIpc) is 3.14. The van der Waals surface area contributed by atoms with Crippen LogP contribution >= 0.6 is 11.3 Å². The van der Waals surface area contributed by atoms with Crippen LogP contribution in [0.5, 0.6) is 5.75 Å². The van der Waals surface area contributed by atoms with Crippen LogP contribution in [-0.4, -0.2) is 5.97 Å². The van der Waals surface area contributed by atoms with E-state index in [2.05, 4.69) is 0 Å². The fourth-order valence-electron chi connectivity index (χ4n) is 2.12. The van der Waals surface area contributed by atoms with Crippen molar-refractivity contribution in [2.24, 2.45) is 0 Å². The van der Waals surface area contributed by atoms with Gasteiger partial charge in [0, 0.05) is 5.56 Å². The lowest BCUT2D eigenvalue weighted by Crippen LogP contribution is -2.21. The molecule has 0 amide bonds. The molecule has 23 heavy (non-hydrogen) atoms. The van der Waals surface area contributed by atoms with Crippen molar-refractivity contribution in [2.45, 2.75) is 12.7 Å². The van der Waals surface area contributed by atoms with Crippen molar-refractivity contribution in [3.63, 3.8) is 0 Å². The van der Waals surface area contributed by atoms with Crippen LogP contribution in [0.3, 0.4) is 0 Å². The summed E-state index contributed by atoms with van der Waals surface area (Å²) in [5.74, 6) is 0.247. The first-order valence-corrected chi connectivity index (χ1v) is 8.21. The van der Waals surface area contributed by atoms with Crippen LogP contribution in [0.2, 0.25) is 0 Å². The molecule has 1 atom stereocenters. The molecule has 0 aliphatic heterocycles. The molecular weight excluding hydrogens is 308 g/mol. The highest BCUT2D eigenvalue weighted by Gasteiger charge is 2.25. The Balaban J connectivity index is 1.71. The molecule has 0 radical (unpaired) electrons. The lowest BCUT2D eigenvalue weighted by Gasteiger charge is -2.17. The lowest BCUT2D eigenvalue weighted by molar-refractivity contribution is -0.153. The number of thiophene rings is 1. The second-order valence-electron chi connectivity index (χ2n) is 4.96. The minimum absolute atomic E-state index is 0.235. The Morgan fingerprint density at radius 3 is 2.30 bits per heavy atom. The van der Waals surface area contributed by atoms with Crippen LogP contribution < -0.4 is 4.74 Å². The standard InChI is InChI=1S/C19H16O3S/c20-19(21-13-15-7-3-1-4-8-15)18(16-11-12-23-14-16)22-17-9-5-2-6-10-17/h1-12,14,18H,13H2. The number of carbonyl (C=O) groups is 1. The number of hydrogen-bond donors (Lipinski definition) is 0. The van der Waals surface area contributed by atoms with Crippen molar-refractivity contribution in [2.75, 3.05) is 0 Å². The van der Waals surface area contributed by atoms with Gasteiger partial charge in [-0.15, -0.1) is 0 Å². The third kappa shape index (κ3) is 4.20. The van der Waals surface area contributed by atoms with E-state index in [9.17, 15) is 4.79 Å². The van der Waals surface area contributed by atoms with Crippen LogP contribution in [0.1, 0.15) is 17.2 Å². The first-order valence-electron chi connectivity index (χ1n) is 7.27. The molecule has 0 saturated heterocycles. The van der Waals surface area contributed by atoms with Gasteiger partial charge in [-0.05, 0) is 34.5 Å². The predicted molar refractivity (Wildman–Crippen MR) is 90.4 cm³/mol. The molecule has 3 aromatic rings. The maximum Gasteiger partial charge on any atom is 0.352 e. The number of carbonyl (C=O) groups excluding carboxylic acids is 1. The monoisotopic (exact) mass is 324 g/mol. The number of ether oxygens (including phenoxy) is 2. The molecule has 1 unspecified atom stereocenters. The van der Waals surface area contributed by atoms with E-state index in [-0.39, 0.29) is 6.61 Å². The first kappa shape index (κ1) is 15.3. The Hall–Kier alpha value is -2.59. The highest BCUT2D eigenvalue weighted by molar-refractivity contribution is 7.08. The summed E-state index contributed by atoms with van der Waals surface area (Å²) in [6, 6.07) is 20.8. The minimum Gasteiger partial charge on any atom is -0.474 e. The van der Waals surface area contributed by atoms with E-state index in [1.54, 1.807) is 0 Å². The molecule has 116 valence electrons. The second kappa shape index (κ2) is 7.61. The molecule has 2 aromatic carbocycles. The normalized spacial score (nSPS) is 11.7. The fourth-order valence-corrected chi connectivity index (χ4v) is 2.79. The van der Waals surface area contributed by atoms with Gasteiger partial charge in [0.2, 0.25) is 6.10 Å². The summed E-state index contributed by atoms with van der Waals surface area (Å²) in [4.78, 5) is 12.5. The summed E-state index contributed by atoms with van der Waals surface area (Å²) >= 11 is 1.52. The minimum atomic E-state index is -0.757. The quantitative estimate of drug-likeness (QED) is 0.621. The van der Waals surface area contributed by atoms with Crippen molar-refractivity contribution >= 4 is 17.3 Å². The van der Waals surface area contributed by atoms with Crippen LogP contribution in [0.25, 0.3) is 0 Å². The van der Waals surface area contributed by atoms with E-state index in [1.165, 1.54) is 11.3 Å². The number of rotatable bonds is 6. The van der Waals surface area contributed by atoms with E-state index >= 15 is 0 Å². The second-order valence-corrected chi connectivity index (χ2v) is 5.74. The number of esters is 1. The van der Waals surface area contributed by atoms with Gasteiger partial charge < -0.3 is 9.47 Å². The van der Waals surface area contributed by atoms with E-state index < -0.39 is 12.1 Å². The first-order chi connectivity index (χ1) is 11.3. The summed E-state index contributed by atoms with van der Waals surface area (Å²) in [6.45, 7) is 0.235. The Morgan fingerprint density at radius 2 is 1.65 bits per heavy atom. The fraction of sp³-hybridized carbons (Fsp3) is 0.105. The smallest absolute Gasteiger partial charge is 0.352 e. The van der Waals surface area contributed by atoms with Gasteiger partial charge in [-0.25, -0.2) is 4.79 Å². The number of benzene rings is 2. The SMILES string of the molecule is O=C(OCc1ccccc1)C(Oc1ccccc1)c1ccsc1. The molecule has 4 heteroatoms. The van der Waals surface area contributed by atoms with Crippen LogP contribution in [0.15, 0.2) is 77.5 Å². The molecule has 0 saturated carbocycles. The number of hydrogen-bond acceptors (Lipinski definition) is 4. The van der Waals surface area contributed by atoms with Gasteiger partial charge >= 0.3 is 5.97 Å². The van der Waals surface area contributed by atoms with Crippen molar-refractivity contribution in [1.29, 1.82) is 0 Å². The zero-order chi connectivity index (χ0) is 15.9. The van der Waals surface area contributed by atoms with Gasteiger partial charge in [0.1, 0.15) is 12.4 Å². The molecule has 1 aromatic heterocycles. The summed E-state index contributed by atoms with van der Waals surface area (Å²) in [5.41, 5.74) is 1.75. The van der Waals surface area contributed by atoms with Gasteiger partial charge in [-0.3, -0.25) is 0 Å². The zero-order valence-corrected chi connectivity index (χ0v) is 13.2. The van der Waals surface area contributed by atoms with Crippen molar-refractivity contribution in [3.8, 4) is 5.75 Å². The maximum absolute atomic E-state index is 12.5. The maximum atomic E-state index is 12.5. The molecule has 0 bridgehead atoms. The highest BCUT2D eigenvalue weighted by atomic mass is 32.1. The molecular formula is C19H16O3S. The molecule has 3 rings (SSSR count). The molecule has 3 nitrogen and oxygen atoms in total. The van der Waals surface area contributed by atoms with Gasteiger partial charge in [0.15, 0.2) is 0 Å². The van der Waals surface area contributed by atoms with Gasteiger partial charge in [0.25, 0.3) is 0 Å². The van der Waals surface area contributed by atoms with Crippen molar-refractivity contribution in [3.05, 3.63) is 88.6 Å². The predicted octanol–water partition coefficient (Wildman–Crippen LogP) is 4.61. The summed E-state index contributed by atoms with van der Waals surface area (Å²) in [5, 5.41) is 3.82. The number of para-hydroxylation sites is 1. The van der Waals surface area contributed by atoms with E-state index in [0.717, 1.165) is 11.1 Å². The van der Waals surface area contributed by atoms with Crippen LogP contribution in [-0.2, 0) is 16.1 Å². The van der Waals surface area contributed by atoms with Gasteiger partial charge in [-0.1, -0.05) is 48.5 Å². The zero-order valence-electron chi connectivity index (χ0n) is 12.4. The summed E-state index contributed by atoms with van der Waals surface area (Å²) in [7, 11) is 0. The third-order valence-electron chi connectivity index (χ3n) is 3.28. The van der Waals surface area contributed by atoms with Crippen LogP contribution in [0, 0.1) is 0 Å². The Kier molecular flexibility index (Phi) is 5.06. The molecule has 0 spiro atoms. The third-order valence-corrected chi connectivity index (χ3v) is 3.98. The van der Waals surface area contributed by atoms with E-state index in [1.807, 2.05) is 77.5 Å². The average molecular weight is 324 g/mol. The van der Waals surface area contributed by atoms with Crippen molar-refractivity contribution in [1.82, 2.24) is 0 Å². The molecule has 1 heterocycles. The molecule has 0 N–H and O–H groups in total. The summed E-state index contributed by atoms with van der Waals surface area (Å²) < 4.78 is 11.3. The van der Waals surface area contributed by atoms with Crippen molar-refractivity contribution < 1.29 is 14.3 Å². The molecule has 0 aliphatic rings. The molecule has 0 fully saturated rings. The van der Waals surface area contributed by atoms with E-state index in [0.29, 0.717) is 5.75 Å². The Bertz CT molecular complexity index is 724. The largest absolute Gasteiger partial charge is 0.474 e. The van der Waals surface area contributed by atoms with Gasteiger partial charge in [-0.2, -0.15) is 11.3 Å². The molecule has 0 aliphatic carbocycles.